The van der Waals surface area contributed by atoms with Gasteiger partial charge >= 0.3 is 0 Å². The fraction of sp³-hybridized carbons (Fsp3) is 0.500. The first kappa shape index (κ1) is 14.9. The smallest absolute Gasteiger partial charge is 0.244 e. The summed E-state index contributed by atoms with van der Waals surface area (Å²) in [5.74, 6) is -0.224. The maximum atomic E-state index is 11.9. The largest absolute Gasteiger partial charge is 0.507 e. The third-order valence-electron chi connectivity index (χ3n) is 2.48. The molecule has 1 aromatic carbocycles. The first-order valence-corrected chi connectivity index (χ1v) is 7.34. The maximum Gasteiger partial charge on any atom is 0.244 e. The first-order chi connectivity index (χ1) is 8.43. The van der Waals surface area contributed by atoms with E-state index in [-0.39, 0.29) is 10.6 Å². The van der Waals surface area contributed by atoms with Gasteiger partial charge in [-0.05, 0) is 45.6 Å². The molecule has 0 spiro atoms. The number of unbranched alkanes of at least 4 members (excludes halogenated alkanes) is 1. The number of phenolic OH excluding ortho intramolecular Hbond substituents is 1. The number of nitrogens with one attached hydrogen (secondary N) is 1. The molecule has 5 nitrogen and oxygen atoms in total. The molecule has 0 amide bonds. The normalized spacial score (nSPS) is 11.9. The lowest BCUT2D eigenvalue weighted by Gasteiger charge is -2.10. The van der Waals surface area contributed by atoms with Crippen LogP contribution in [0.2, 0.25) is 0 Å². The van der Waals surface area contributed by atoms with E-state index in [2.05, 4.69) is 9.62 Å². The summed E-state index contributed by atoms with van der Waals surface area (Å²) >= 11 is 0. The summed E-state index contributed by atoms with van der Waals surface area (Å²) in [6.45, 7) is 1.31. The molecule has 0 atom stereocenters. The molecule has 0 aliphatic carbocycles. The molecule has 6 heteroatoms. The van der Waals surface area contributed by atoms with E-state index in [0.29, 0.717) is 6.54 Å². The van der Waals surface area contributed by atoms with Gasteiger partial charge in [-0.3, -0.25) is 0 Å². The van der Waals surface area contributed by atoms with Crippen LogP contribution in [-0.2, 0) is 10.0 Å². The van der Waals surface area contributed by atoms with Crippen LogP contribution in [0.1, 0.15) is 12.8 Å². The molecule has 0 fully saturated rings. The number of aromatic hydroxyl groups is 1. The highest BCUT2D eigenvalue weighted by atomic mass is 32.2. The zero-order valence-corrected chi connectivity index (χ0v) is 11.6. The summed E-state index contributed by atoms with van der Waals surface area (Å²) in [7, 11) is 0.351. The molecule has 0 radical (unpaired) electrons. The fourth-order valence-electron chi connectivity index (χ4n) is 1.52. The summed E-state index contributed by atoms with van der Waals surface area (Å²) in [6, 6.07) is 5.92. The van der Waals surface area contributed by atoms with Gasteiger partial charge in [0, 0.05) is 6.54 Å². The minimum Gasteiger partial charge on any atom is -0.507 e. The number of rotatable bonds is 7. The second kappa shape index (κ2) is 6.72. The number of benzene rings is 1. The number of hydrogen-bond donors (Lipinski definition) is 2. The number of sulfonamides is 1. The first-order valence-electron chi connectivity index (χ1n) is 5.86. The van der Waals surface area contributed by atoms with Gasteiger partial charge in [-0.15, -0.1) is 0 Å². The lowest BCUT2D eigenvalue weighted by molar-refractivity contribution is 0.394. The molecular weight excluding hydrogens is 252 g/mol. The van der Waals surface area contributed by atoms with Crippen molar-refractivity contribution in [1.29, 1.82) is 0 Å². The Kier molecular flexibility index (Phi) is 5.58. The zero-order chi connectivity index (χ0) is 13.6. The maximum absolute atomic E-state index is 11.9. The Labute approximate surface area is 108 Å². The molecule has 0 aliphatic heterocycles. The highest BCUT2D eigenvalue weighted by Gasteiger charge is 2.16. The van der Waals surface area contributed by atoms with Crippen LogP contribution in [0.3, 0.4) is 0 Å². The summed E-state index contributed by atoms with van der Waals surface area (Å²) in [6.07, 6.45) is 1.70. The van der Waals surface area contributed by atoms with Gasteiger partial charge in [0.25, 0.3) is 0 Å². The average Bonchev–Trinajstić information content (AvgIpc) is 2.28. The van der Waals surface area contributed by atoms with E-state index in [0.717, 1.165) is 19.4 Å². The predicted octanol–water partition coefficient (Wildman–Crippen LogP) is 1.01. The van der Waals surface area contributed by atoms with Crippen molar-refractivity contribution in [3.05, 3.63) is 24.3 Å². The van der Waals surface area contributed by atoms with Gasteiger partial charge in [0.15, 0.2) is 0 Å². The minimum atomic E-state index is -3.61. The SMILES string of the molecule is CN(C)CCCCNS(=O)(=O)c1ccccc1O. The Hall–Kier alpha value is -1.11. The van der Waals surface area contributed by atoms with Crippen LogP contribution in [0.5, 0.6) is 5.75 Å². The quantitative estimate of drug-likeness (QED) is 0.727. The van der Waals surface area contributed by atoms with Gasteiger partial charge in [0.05, 0.1) is 0 Å². The molecule has 0 unspecified atom stereocenters. The van der Waals surface area contributed by atoms with Crippen molar-refractivity contribution >= 4 is 10.0 Å². The molecule has 0 aromatic heterocycles. The van der Waals surface area contributed by atoms with E-state index in [1.807, 2.05) is 14.1 Å². The van der Waals surface area contributed by atoms with Crippen molar-refractivity contribution in [1.82, 2.24) is 9.62 Å². The molecule has 18 heavy (non-hydrogen) atoms. The van der Waals surface area contributed by atoms with E-state index < -0.39 is 10.0 Å². The van der Waals surface area contributed by atoms with Crippen molar-refractivity contribution in [2.75, 3.05) is 27.2 Å². The van der Waals surface area contributed by atoms with Crippen LogP contribution in [0.4, 0.5) is 0 Å². The third-order valence-corrected chi connectivity index (χ3v) is 3.99. The summed E-state index contributed by atoms with van der Waals surface area (Å²) in [4.78, 5) is 1.98. The van der Waals surface area contributed by atoms with Crippen molar-refractivity contribution < 1.29 is 13.5 Å². The minimum absolute atomic E-state index is 0.0717. The van der Waals surface area contributed by atoms with Crippen molar-refractivity contribution in [2.24, 2.45) is 0 Å². The van der Waals surface area contributed by atoms with Gasteiger partial charge < -0.3 is 10.0 Å². The predicted molar refractivity (Wildman–Crippen MR) is 71.1 cm³/mol. The average molecular weight is 272 g/mol. The molecule has 0 saturated heterocycles. The van der Waals surface area contributed by atoms with Gasteiger partial charge in [0.1, 0.15) is 10.6 Å². The summed E-state index contributed by atoms with van der Waals surface area (Å²) in [5, 5.41) is 9.50. The van der Waals surface area contributed by atoms with Crippen molar-refractivity contribution in [3.8, 4) is 5.75 Å². The van der Waals surface area contributed by atoms with Gasteiger partial charge in [-0.2, -0.15) is 0 Å². The molecule has 1 rings (SSSR count). The van der Waals surface area contributed by atoms with Crippen LogP contribution < -0.4 is 4.72 Å². The second-order valence-corrected chi connectivity index (χ2v) is 6.11. The lowest BCUT2D eigenvalue weighted by atomic mass is 10.3. The molecule has 0 saturated carbocycles. The third kappa shape index (κ3) is 4.64. The van der Waals surface area contributed by atoms with Crippen LogP contribution >= 0.6 is 0 Å². The molecule has 0 heterocycles. The number of para-hydroxylation sites is 1. The summed E-state index contributed by atoms with van der Waals surface area (Å²) in [5.41, 5.74) is 0. The van der Waals surface area contributed by atoms with Gasteiger partial charge in [-0.25, -0.2) is 13.1 Å². The number of phenols is 1. The van der Waals surface area contributed by atoms with Crippen molar-refractivity contribution in [2.45, 2.75) is 17.7 Å². The van der Waals surface area contributed by atoms with Crippen LogP contribution in [0.15, 0.2) is 29.2 Å². The van der Waals surface area contributed by atoms with E-state index in [9.17, 15) is 13.5 Å². The topological polar surface area (TPSA) is 69.6 Å². The Morgan fingerprint density at radius 1 is 1.22 bits per heavy atom. The van der Waals surface area contributed by atoms with E-state index in [1.165, 1.54) is 12.1 Å². The molecule has 1 aromatic rings. The summed E-state index contributed by atoms with van der Waals surface area (Å²) < 4.78 is 26.2. The Balaban J connectivity index is 2.49. The Morgan fingerprint density at radius 3 is 2.50 bits per heavy atom. The lowest BCUT2D eigenvalue weighted by Crippen LogP contribution is -2.25. The molecule has 0 aliphatic rings. The van der Waals surface area contributed by atoms with E-state index in [1.54, 1.807) is 12.1 Å². The van der Waals surface area contributed by atoms with E-state index in [4.69, 9.17) is 0 Å². The molecule has 2 N–H and O–H groups in total. The van der Waals surface area contributed by atoms with Gasteiger partial charge in [0.2, 0.25) is 10.0 Å². The standard InChI is InChI=1S/C12H20N2O3S/c1-14(2)10-6-5-9-13-18(16,17)12-8-4-3-7-11(12)15/h3-4,7-8,13,15H,5-6,9-10H2,1-2H3. The Morgan fingerprint density at radius 2 is 1.89 bits per heavy atom. The molecular formula is C12H20N2O3S. The van der Waals surface area contributed by atoms with Crippen LogP contribution in [0.25, 0.3) is 0 Å². The molecule has 102 valence electrons. The Bertz CT molecular complexity index is 472. The van der Waals surface area contributed by atoms with E-state index >= 15 is 0 Å². The highest BCUT2D eigenvalue weighted by molar-refractivity contribution is 7.89. The number of nitrogens with zero attached hydrogens (tertiary/aromatic N) is 1. The van der Waals surface area contributed by atoms with Gasteiger partial charge in [-0.1, -0.05) is 12.1 Å². The second-order valence-electron chi connectivity index (χ2n) is 4.38. The van der Waals surface area contributed by atoms with Crippen LogP contribution in [-0.4, -0.2) is 45.6 Å². The van der Waals surface area contributed by atoms with Crippen molar-refractivity contribution in [3.63, 3.8) is 0 Å². The van der Waals surface area contributed by atoms with Crippen LogP contribution in [0, 0.1) is 0 Å². The monoisotopic (exact) mass is 272 g/mol. The zero-order valence-electron chi connectivity index (χ0n) is 10.8. The fourth-order valence-corrected chi connectivity index (χ4v) is 2.69. The highest BCUT2D eigenvalue weighted by Crippen LogP contribution is 2.20. The number of hydrogen-bond acceptors (Lipinski definition) is 4. The molecule has 0 bridgehead atoms.